The first kappa shape index (κ1) is 13.5. The molecule has 0 bridgehead atoms. The molecule has 1 nitrogen and oxygen atoms in total. The van der Waals surface area contributed by atoms with E-state index < -0.39 is 17.7 Å². The van der Waals surface area contributed by atoms with Crippen molar-refractivity contribution in [1.82, 2.24) is 0 Å². The Bertz CT molecular complexity index is 542. The molecule has 1 aromatic carbocycles. The molecule has 1 heterocycles. The highest BCUT2D eigenvalue weighted by Crippen LogP contribution is 2.23. The molecular weight excluding hydrogens is 278 g/mol. The largest absolute Gasteiger partial charge is 0.392 e. The Hall–Kier alpha value is -0.970. The number of hydrogen-bond donors (Lipinski definition) is 1. The van der Waals surface area contributed by atoms with Gasteiger partial charge in [-0.05, 0) is 36.2 Å². The number of halogens is 3. The lowest BCUT2D eigenvalue weighted by Crippen LogP contribution is -2.13. The van der Waals surface area contributed by atoms with Crippen LogP contribution in [0.3, 0.4) is 0 Å². The minimum absolute atomic E-state index is 0.284. The number of thiophene rings is 1. The van der Waals surface area contributed by atoms with Gasteiger partial charge >= 0.3 is 0 Å². The second-order valence-corrected chi connectivity index (χ2v) is 5.82. The molecule has 1 aromatic heterocycles. The maximum Gasteiger partial charge on any atom is 0.159 e. The van der Waals surface area contributed by atoms with Crippen molar-refractivity contribution in [1.29, 1.82) is 0 Å². The molecule has 96 valence electrons. The summed E-state index contributed by atoms with van der Waals surface area (Å²) in [6.07, 6.45) is 0.105. The van der Waals surface area contributed by atoms with Crippen molar-refractivity contribution >= 4 is 22.9 Å². The molecule has 5 heteroatoms. The Balaban J connectivity index is 1.98. The molecule has 0 aliphatic rings. The van der Waals surface area contributed by atoms with Gasteiger partial charge in [-0.15, -0.1) is 11.3 Å². The van der Waals surface area contributed by atoms with Gasteiger partial charge in [0.05, 0.1) is 10.4 Å². The van der Waals surface area contributed by atoms with Crippen LogP contribution in [0.2, 0.25) is 4.34 Å². The lowest BCUT2D eigenvalue weighted by atomic mass is 10.0. The zero-order chi connectivity index (χ0) is 13.1. The van der Waals surface area contributed by atoms with Crippen molar-refractivity contribution in [2.75, 3.05) is 0 Å². The van der Waals surface area contributed by atoms with Crippen LogP contribution in [0.5, 0.6) is 0 Å². The van der Waals surface area contributed by atoms with E-state index in [2.05, 4.69) is 0 Å². The third-order valence-electron chi connectivity index (χ3n) is 2.52. The van der Waals surface area contributed by atoms with Gasteiger partial charge in [0.15, 0.2) is 11.6 Å². The molecule has 0 fully saturated rings. The Labute approximate surface area is 113 Å². The van der Waals surface area contributed by atoms with E-state index in [1.54, 1.807) is 6.07 Å². The standard InChI is InChI=1S/C13H11ClF2OS/c14-13-4-2-10(18-13)7-9(17)5-8-1-3-11(15)12(16)6-8/h1-4,6,9,17H,5,7H2. The molecule has 1 unspecified atom stereocenters. The van der Waals surface area contributed by atoms with Crippen LogP contribution < -0.4 is 0 Å². The van der Waals surface area contributed by atoms with E-state index in [0.29, 0.717) is 16.3 Å². The van der Waals surface area contributed by atoms with Crippen molar-refractivity contribution in [2.45, 2.75) is 18.9 Å². The van der Waals surface area contributed by atoms with Gasteiger partial charge in [0.25, 0.3) is 0 Å². The number of benzene rings is 1. The number of aliphatic hydroxyl groups is 1. The fourth-order valence-electron chi connectivity index (χ4n) is 1.70. The fraction of sp³-hybridized carbons (Fsp3) is 0.231. The highest BCUT2D eigenvalue weighted by molar-refractivity contribution is 7.16. The summed E-state index contributed by atoms with van der Waals surface area (Å²) < 4.78 is 26.4. The van der Waals surface area contributed by atoms with Gasteiger partial charge in [-0.2, -0.15) is 0 Å². The summed E-state index contributed by atoms with van der Waals surface area (Å²) in [6, 6.07) is 7.27. The highest BCUT2D eigenvalue weighted by Gasteiger charge is 2.10. The summed E-state index contributed by atoms with van der Waals surface area (Å²) in [4.78, 5) is 0.968. The molecular formula is C13H11ClF2OS. The zero-order valence-electron chi connectivity index (χ0n) is 9.37. The van der Waals surface area contributed by atoms with E-state index in [1.807, 2.05) is 6.07 Å². The average Bonchev–Trinajstić information content (AvgIpc) is 2.69. The molecule has 2 aromatic rings. The molecule has 0 saturated heterocycles. The first-order valence-corrected chi connectivity index (χ1v) is 6.60. The lowest BCUT2D eigenvalue weighted by Gasteiger charge is -2.09. The molecule has 0 saturated carbocycles. The summed E-state index contributed by atoms with van der Waals surface area (Å²) in [6.45, 7) is 0. The second-order valence-electron chi connectivity index (χ2n) is 4.02. The van der Waals surface area contributed by atoms with Crippen LogP contribution in [0.15, 0.2) is 30.3 Å². The van der Waals surface area contributed by atoms with E-state index in [9.17, 15) is 13.9 Å². The van der Waals surface area contributed by atoms with Crippen molar-refractivity contribution < 1.29 is 13.9 Å². The smallest absolute Gasteiger partial charge is 0.159 e. The quantitative estimate of drug-likeness (QED) is 0.907. The molecule has 0 amide bonds. The highest BCUT2D eigenvalue weighted by atomic mass is 35.5. The first-order chi connectivity index (χ1) is 8.54. The van der Waals surface area contributed by atoms with Crippen LogP contribution in [0.4, 0.5) is 8.78 Å². The Kier molecular flexibility index (Phi) is 4.32. The molecule has 0 aliphatic carbocycles. The Morgan fingerprint density at radius 3 is 2.50 bits per heavy atom. The van der Waals surface area contributed by atoms with Gasteiger partial charge < -0.3 is 5.11 Å². The maximum atomic E-state index is 13.0. The Morgan fingerprint density at radius 1 is 1.11 bits per heavy atom. The zero-order valence-corrected chi connectivity index (χ0v) is 10.9. The van der Waals surface area contributed by atoms with Crippen molar-refractivity contribution in [3.8, 4) is 0 Å². The van der Waals surface area contributed by atoms with Gasteiger partial charge in [-0.3, -0.25) is 0 Å². The predicted octanol–water partition coefficient (Wildman–Crippen LogP) is 3.83. The molecule has 1 atom stereocenters. The minimum atomic E-state index is -0.890. The van der Waals surface area contributed by atoms with Crippen LogP contribution in [0.25, 0.3) is 0 Å². The van der Waals surface area contributed by atoms with Crippen molar-refractivity contribution in [3.05, 3.63) is 56.7 Å². The first-order valence-electron chi connectivity index (χ1n) is 5.41. The minimum Gasteiger partial charge on any atom is -0.392 e. The van der Waals surface area contributed by atoms with Crippen molar-refractivity contribution in [3.63, 3.8) is 0 Å². The summed E-state index contributed by atoms with van der Waals surface area (Å²) in [5.74, 6) is -1.77. The number of aliphatic hydroxyl groups excluding tert-OH is 1. The van der Waals surface area contributed by atoms with Gasteiger partial charge in [-0.1, -0.05) is 17.7 Å². The summed E-state index contributed by atoms with van der Waals surface area (Å²) >= 11 is 7.19. The molecule has 0 radical (unpaired) electrons. The van der Waals surface area contributed by atoms with E-state index >= 15 is 0 Å². The van der Waals surface area contributed by atoms with E-state index in [4.69, 9.17) is 11.6 Å². The average molecular weight is 289 g/mol. The SMILES string of the molecule is OC(Cc1ccc(F)c(F)c1)Cc1ccc(Cl)s1. The number of hydrogen-bond acceptors (Lipinski definition) is 2. The third-order valence-corrected chi connectivity index (χ3v) is 3.77. The molecule has 0 aliphatic heterocycles. The molecule has 1 N–H and O–H groups in total. The van der Waals surface area contributed by atoms with E-state index in [-0.39, 0.29) is 6.42 Å². The maximum absolute atomic E-state index is 13.0. The van der Waals surface area contributed by atoms with Gasteiger partial charge in [-0.25, -0.2) is 8.78 Å². The van der Waals surface area contributed by atoms with Gasteiger partial charge in [0.1, 0.15) is 0 Å². The number of rotatable bonds is 4. The van der Waals surface area contributed by atoms with Crippen LogP contribution in [0, 0.1) is 11.6 Å². The van der Waals surface area contributed by atoms with Crippen LogP contribution in [-0.2, 0) is 12.8 Å². The van der Waals surface area contributed by atoms with Crippen molar-refractivity contribution in [2.24, 2.45) is 0 Å². The molecule has 18 heavy (non-hydrogen) atoms. The van der Waals surface area contributed by atoms with Crippen LogP contribution in [-0.4, -0.2) is 11.2 Å². The predicted molar refractivity (Wildman–Crippen MR) is 69.1 cm³/mol. The summed E-state index contributed by atoms with van der Waals surface area (Å²) in [7, 11) is 0. The topological polar surface area (TPSA) is 20.2 Å². The van der Waals surface area contributed by atoms with Crippen LogP contribution >= 0.6 is 22.9 Å². The van der Waals surface area contributed by atoms with Gasteiger partial charge in [0, 0.05) is 11.3 Å². The lowest BCUT2D eigenvalue weighted by molar-refractivity contribution is 0.176. The summed E-state index contributed by atoms with van der Waals surface area (Å²) in [5.41, 5.74) is 0.573. The van der Waals surface area contributed by atoms with Gasteiger partial charge in [0.2, 0.25) is 0 Å². The second kappa shape index (κ2) is 5.78. The van der Waals surface area contributed by atoms with Crippen LogP contribution in [0.1, 0.15) is 10.4 Å². The Morgan fingerprint density at radius 2 is 1.89 bits per heavy atom. The summed E-state index contributed by atoms with van der Waals surface area (Å²) in [5, 5.41) is 9.87. The molecule has 2 rings (SSSR count). The monoisotopic (exact) mass is 288 g/mol. The third kappa shape index (κ3) is 3.51. The van der Waals surface area contributed by atoms with E-state index in [0.717, 1.165) is 17.0 Å². The fourth-order valence-corrected chi connectivity index (χ4v) is 2.86. The van der Waals surface area contributed by atoms with E-state index in [1.165, 1.54) is 17.4 Å². The molecule has 0 spiro atoms. The normalized spacial score (nSPS) is 12.7.